The molecule has 0 spiro atoms. The van der Waals surface area contributed by atoms with Crippen molar-refractivity contribution < 1.29 is 19.1 Å². The molecule has 0 aromatic carbocycles. The Kier molecular flexibility index (Phi) is 6.52. The quantitative estimate of drug-likeness (QED) is 0.619. The molecule has 3 rings (SSSR count). The van der Waals surface area contributed by atoms with Crippen LogP contribution in [0.5, 0.6) is 0 Å². The van der Waals surface area contributed by atoms with Gasteiger partial charge in [0.25, 0.3) is 0 Å². The minimum atomic E-state index is -0.460. The van der Waals surface area contributed by atoms with Gasteiger partial charge in [-0.3, -0.25) is 4.79 Å². The number of carbonyl (C=O) groups excluding carboxylic acids is 2. The molecular weight excluding hydrogens is 412 g/mol. The molecule has 0 unspecified atom stereocenters. The van der Waals surface area contributed by atoms with E-state index in [1.165, 1.54) is 24.8 Å². The molecule has 0 N–H and O–H groups in total. The first-order valence-corrected chi connectivity index (χ1v) is 10.4. The minimum Gasteiger partial charge on any atom is -0.465 e. The summed E-state index contributed by atoms with van der Waals surface area (Å²) in [5.74, 6) is -0.360. The Morgan fingerprint density at radius 2 is 1.85 bits per heavy atom. The highest BCUT2D eigenvalue weighted by molar-refractivity contribution is 9.10. The number of rotatable bonds is 6. The number of aromatic nitrogens is 2. The van der Waals surface area contributed by atoms with E-state index in [1.54, 1.807) is 24.5 Å². The molecule has 1 saturated carbocycles. The summed E-state index contributed by atoms with van der Waals surface area (Å²) in [5, 5.41) is 0.978. The van der Waals surface area contributed by atoms with E-state index in [1.807, 2.05) is 6.07 Å². The lowest BCUT2D eigenvalue weighted by molar-refractivity contribution is -0.143. The van der Waals surface area contributed by atoms with Gasteiger partial charge in [-0.15, -0.1) is 0 Å². The van der Waals surface area contributed by atoms with E-state index in [0.29, 0.717) is 24.8 Å². The Labute approximate surface area is 167 Å². The molecule has 7 heteroatoms. The predicted molar refractivity (Wildman–Crippen MR) is 106 cm³/mol. The van der Waals surface area contributed by atoms with E-state index in [2.05, 4.69) is 20.9 Å². The molecule has 0 bridgehead atoms. The van der Waals surface area contributed by atoms with Crippen molar-refractivity contribution in [2.24, 2.45) is 0 Å². The normalized spacial score (nSPS) is 15.1. The molecule has 0 radical (unpaired) electrons. The topological polar surface area (TPSA) is 70.4 Å². The van der Waals surface area contributed by atoms with E-state index >= 15 is 0 Å². The summed E-state index contributed by atoms with van der Waals surface area (Å²) in [5.41, 5.74) is 2.03. The van der Waals surface area contributed by atoms with Crippen molar-refractivity contribution >= 4 is 38.9 Å². The van der Waals surface area contributed by atoms with Crippen molar-refractivity contribution in [1.29, 1.82) is 0 Å². The van der Waals surface area contributed by atoms with Gasteiger partial charge in [-0.05, 0) is 66.2 Å². The van der Waals surface area contributed by atoms with E-state index in [0.717, 1.165) is 22.8 Å². The van der Waals surface area contributed by atoms with Gasteiger partial charge in [0.15, 0.2) is 5.69 Å². The number of hydrogen-bond donors (Lipinski definition) is 0. The molecule has 2 heterocycles. The average molecular weight is 437 g/mol. The first-order chi connectivity index (χ1) is 13.1. The van der Waals surface area contributed by atoms with Crippen LogP contribution in [-0.4, -0.2) is 34.7 Å². The van der Waals surface area contributed by atoms with Crippen LogP contribution in [0.1, 0.15) is 67.9 Å². The van der Waals surface area contributed by atoms with Crippen LogP contribution >= 0.6 is 15.9 Å². The molecule has 2 aromatic rings. The van der Waals surface area contributed by atoms with E-state index in [4.69, 9.17) is 9.47 Å². The van der Waals surface area contributed by atoms with Crippen LogP contribution in [0.4, 0.5) is 0 Å². The van der Waals surface area contributed by atoms with Crippen LogP contribution in [0.3, 0.4) is 0 Å². The minimum absolute atomic E-state index is 0.0525. The van der Waals surface area contributed by atoms with Crippen LogP contribution in [0.2, 0.25) is 0 Å². The Bertz CT molecular complexity index is 840. The standard InChI is InChI=1S/C20H25BrN2O4/c1-3-26-16(24)12-23-18(21)17(13-8-6-5-7-9-13)14-10-11-15(22-19(14)23)20(25)27-4-2/h10-11,13H,3-9,12H2,1-2H3. The summed E-state index contributed by atoms with van der Waals surface area (Å²) in [6.07, 6.45) is 5.92. The highest BCUT2D eigenvalue weighted by Gasteiger charge is 2.27. The third kappa shape index (κ3) is 4.18. The lowest BCUT2D eigenvalue weighted by Gasteiger charge is -2.22. The largest absolute Gasteiger partial charge is 0.465 e. The second-order valence-corrected chi connectivity index (χ2v) is 7.47. The Balaban J connectivity index is 2.10. The maximum absolute atomic E-state index is 12.1. The molecule has 146 valence electrons. The molecule has 1 aliphatic rings. The number of hydrogen-bond acceptors (Lipinski definition) is 5. The molecule has 27 heavy (non-hydrogen) atoms. The number of fused-ring (bicyclic) bond motifs is 1. The fourth-order valence-electron chi connectivity index (χ4n) is 3.79. The van der Waals surface area contributed by atoms with E-state index in [9.17, 15) is 9.59 Å². The third-order valence-corrected chi connectivity index (χ3v) is 5.83. The molecule has 6 nitrogen and oxygen atoms in total. The zero-order valence-corrected chi connectivity index (χ0v) is 17.4. The second kappa shape index (κ2) is 8.87. The Morgan fingerprint density at radius 3 is 2.52 bits per heavy atom. The Hall–Kier alpha value is -1.89. The van der Waals surface area contributed by atoms with Gasteiger partial charge in [-0.25, -0.2) is 9.78 Å². The maximum Gasteiger partial charge on any atom is 0.356 e. The number of halogens is 1. The fraction of sp³-hybridized carbons (Fsp3) is 0.550. The molecular formula is C20H25BrN2O4. The molecule has 0 amide bonds. The molecule has 1 fully saturated rings. The van der Waals surface area contributed by atoms with Crippen LogP contribution in [0.15, 0.2) is 16.7 Å². The van der Waals surface area contributed by atoms with Gasteiger partial charge in [-0.1, -0.05) is 19.3 Å². The number of pyridine rings is 1. The average Bonchev–Trinajstić information content (AvgIpc) is 2.94. The monoisotopic (exact) mass is 436 g/mol. The summed E-state index contributed by atoms with van der Waals surface area (Å²) in [6, 6.07) is 3.62. The summed E-state index contributed by atoms with van der Waals surface area (Å²) in [7, 11) is 0. The van der Waals surface area contributed by atoms with Crippen molar-refractivity contribution in [2.75, 3.05) is 13.2 Å². The highest BCUT2D eigenvalue weighted by atomic mass is 79.9. The van der Waals surface area contributed by atoms with E-state index in [-0.39, 0.29) is 18.2 Å². The molecule has 1 aliphatic carbocycles. The van der Waals surface area contributed by atoms with Crippen LogP contribution in [0.25, 0.3) is 11.0 Å². The fourth-order valence-corrected chi connectivity index (χ4v) is 4.62. The highest BCUT2D eigenvalue weighted by Crippen LogP contribution is 2.42. The van der Waals surface area contributed by atoms with Crippen molar-refractivity contribution in [1.82, 2.24) is 9.55 Å². The summed E-state index contributed by atoms with van der Waals surface area (Å²) in [6.45, 7) is 4.21. The zero-order chi connectivity index (χ0) is 19.4. The summed E-state index contributed by atoms with van der Waals surface area (Å²) < 4.78 is 12.9. The van der Waals surface area contributed by atoms with Crippen molar-refractivity contribution in [3.63, 3.8) is 0 Å². The lowest BCUT2D eigenvalue weighted by Crippen LogP contribution is -2.15. The second-order valence-electron chi connectivity index (χ2n) is 6.72. The van der Waals surface area contributed by atoms with Gasteiger partial charge < -0.3 is 14.0 Å². The zero-order valence-electron chi connectivity index (χ0n) is 15.8. The lowest BCUT2D eigenvalue weighted by atomic mass is 9.84. The van der Waals surface area contributed by atoms with Crippen molar-refractivity contribution in [3.8, 4) is 0 Å². The molecule has 0 aliphatic heterocycles. The van der Waals surface area contributed by atoms with Gasteiger partial charge >= 0.3 is 11.9 Å². The van der Waals surface area contributed by atoms with Crippen molar-refractivity contribution in [2.45, 2.75) is 58.4 Å². The molecule has 2 aromatic heterocycles. The maximum atomic E-state index is 12.1. The van der Waals surface area contributed by atoms with Crippen LogP contribution in [-0.2, 0) is 20.8 Å². The van der Waals surface area contributed by atoms with Crippen LogP contribution in [0, 0.1) is 0 Å². The number of carbonyl (C=O) groups is 2. The smallest absolute Gasteiger partial charge is 0.356 e. The number of nitrogens with zero attached hydrogens (tertiary/aromatic N) is 2. The van der Waals surface area contributed by atoms with Gasteiger partial charge in [0.1, 0.15) is 12.2 Å². The first-order valence-electron chi connectivity index (χ1n) is 9.58. The van der Waals surface area contributed by atoms with Gasteiger partial charge in [0, 0.05) is 5.39 Å². The van der Waals surface area contributed by atoms with Crippen LogP contribution < -0.4 is 0 Å². The third-order valence-electron chi connectivity index (χ3n) is 4.97. The molecule has 0 atom stereocenters. The van der Waals surface area contributed by atoms with E-state index < -0.39 is 5.97 Å². The predicted octanol–water partition coefficient (Wildman–Crippen LogP) is 4.59. The van der Waals surface area contributed by atoms with Gasteiger partial charge in [-0.2, -0.15) is 0 Å². The van der Waals surface area contributed by atoms with Gasteiger partial charge in [0.2, 0.25) is 0 Å². The Morgan fingerprint density at radius 1 is 1.15 bits per heavy atom. The molecule has 0 saturated heterocycles. The number of ether oxygens (including phenoxy) is 2. The number of esters is 2. The SMILES string of the molecule is CCOC(=O)Cn1c(Br)c(C2CCCCC2)c2ccc(C(=O)OCC)nc21. The summed E-state index contributed by atoms with van der Waals surface area (Å²) >= 11 is 3.70. The van der Waals surface area contributed by atoms with Gasteiger partial charge in [0.05, 0.1) is 17.8 Å². The first kappa shape index (κ1) is 19.9. The van der Waals surface area contributed by atoms with Crippen molar-refractivity contribution in [3.05, 3.63) is 28.0 Å². The summed E-state index contributed by atoms with van der Waals surface area (Å²) in [4.78, 5) is 28.8.